The van der Waals surface area contributed by atoms with Gasteiger partial charge in [-0.1, -0.05) is 32.4 Å². The van der Waals surface area contributed by atoms with Crippen LogP contribution in [0, 0.1) is 39.4 Å². The molecule has 0 saturated heterocycles. The fraction of sp³-hybridized carbons (Fsp3) is 0.833. The summed E-state index contributed by atoms with van der Waals surface area (Å²) in [5, 5.41) is 43.9. The Kier molecular flexibility index (Phi) is 6.41. The maximum absolute atomic E-state index is 14.2. The standard InChI is InChI=1S/C30H46O7/c1-25(2,36)12-11-21(33)30(8,37)23-19(32)14-27(5)20-10-9-16-17(13-18(31)24(35)26(16,3)4)29(20,7)22(34)15-28(23,27)6/h9,17-20,23,31-32,36-37H,10-15H2,1-8H3/t17-,18+,19-,20-,23+,27+,28-,29+,30+/m1/s1. The van der Waals surface area contributed by atoms with Gasteiger partial charge in [0.15, 0.2) is 11.6 Å². The maximum atomic E-state index is 14.2. The summed E-state index contributed by atoms with van der Waals surface area (Å²) in [4.78, 5) is 40.4. The molecule has 0 aromatic carbocycles. The van der Waals surface area contributed by atoms with E-state index in [0.29, 0.717) is 12.8 Å². The van der Waals surface area contributed by atoms with Crippen LogP contribution in [0.15, 0.2) is 11.6 Å². The van der Waals surface area contributed by atoms with Gasteiger partial charge in [-0.05, 0) is 83.0 Å². The smallest absolute Gasteiger partial charge is 0.170 e. The zero-order chi connectivity index (χ0) is 28.1. The van der Waals surface area contributed by atoms with Crippen molar-refractivity contribution in [1.82, 2.24) is 0 Å². The molecule has 4 N–H and O–H groups in total. The minimum atomic E-state index is -1.86. The van der Waals surface area contributed by atoms with E-state index in [2.05, 4.69) is 13.0 Å². The molecule has 0 radical (unpaired) electrons. The van der Waals surface area contributed by atoms with Crippen molar-refractivity contribution in [2.24, 2.45) is 39.4 Å². The van der Waals surface area contributed by atoms with E-state index in [-0.39, 0.29) is 49.1 Å². The Bertz CT molecular complexity index is 1050. The predicted octanol–water partition coefficient (Wildman–Crippen LogP) is 3.15. The molecule has 208 valence electrons. The normalized spacial score (nSPS) is 44.9. The first-order valence-corrected chi connectivity index (χ1v) is 13.8. The highest BCUT2D eigenvalue weighted by atomic mass is 16.3. The third-order valence-electron chi connectivity index (χ3n) is 11.5. The molecule has 3 fully saturated rings. The van der Waals surface area contributed by atoms with Crippen molar-refractivity contribution < 1.29 is 34.8 Å². The number of Topliss-reactive ketones (excluding diaryl/α,β-unsaturated/α-hetero) is 3. The summed E-state index contributed by atoms with van der Waals surface area (Å²) in [6.45, 7) is 14.3. The molecule has 4 rings (SSSR count). The number of ketones is 3. The molecule has 3 saturated carbocycles. The van der Waals surface area contributed by atoms with Gasteiger partial charge in [0.05, 0.1) is 11.7 Å². The lowest BCUT2D eigenvalue weighted by atomic mass is 9.38. The Hall–Kier alpha value is -1.41. The van der Waals surface area contributed by atoms with Crippen molar-refractivity contribution in [3.8, 4) is 0 Å². The van der Waals surface area contributed by atoms with Crippen LogP contribution in [0.1, 0.15) is 93.9 Å². The second-order valence-electron chi connectivity index (χ2n) is 14.6. The predicted molar refractivity (Wildman–Crippen MR) is 138 cm³/mol. The van der Waals surface area contributed by atoms with Crippen LogP contribution >= 0.6 is 0 Å². The molecule has 4 aliphatic rings. The maximum Gasteiger partial charge on any atom is 0.170 e. The second-order valence-corrected chi connectivity index (χ2v) is 14.6. The minimum Gasteiger partial charge on any atom is -0.393 e. The molecule has 9 atom stereocenters. The highest BCUT2D eigenvalue weighted by Gasteiger charge is 2.74. The van der Waals surface area contributed by atoms with E-state index in [0.717, 1.165) is 5.57 Å². The van der Waals surface area contributed by atoms with E-state index in [4.69, 9.17) is 0 Å². The molecule has 0 aliphatic heterocycles. The first-order valence-electron chi connectivity index (χ1n) is 13.8. The number of fused-ring (bicyclic) bond motifs is 5. The van der Waals surface area contributed by atoms with Crippen LogP contribution in [-0.4, -0.2) is 61.2 Å². The van der Waals surface area contributed by atoms with Gasteiger partial charge < -0.3 is 20.4 Å². The van der Waals surface area contributed by atoms with E-state index in [1.807, 2.05) is 27.7 Å². The number of aliphatic hydroxyl groups excluding tert-OH is 2. The van der Waals surface area contributed by atoms with Gasteiger partial charge in [-0.2, -0.15) is 0 Å². The van der Waals surface area contributed by atoms with E-state index < -0.39 is 56.8 Å². The number of rotatable bonds is 5. The summed E-state index contributed by atoms with van der Waals surface area (Å²) in [6, 6.07) is 0. The van der Waals surface area contributed by atoms with Crippen molar-refractivity contribution in [3.05, 3.63) is 11.6 Å². The van der Waals surface area contributed by atoms with Crippen LogP contribution in [-0.2, 0) is 14.4 Å². The van der Waals surface area contributed by atoms with Crippen LogP contribution in [0.4, 0.5) is 0 Å². The van der Waals surface area contributed by atoms with Crippen LogP contribution < -0.4 is 0 Å². The van der Waals surface area contributed by atoms with E-state index >= 15 is 0 Å². The lowest BCUT2D eigenvalue weighted by molar-refractivity contribution is -0.185. The molecule has 0 spiro atoms. The molecular weight excluding hydrogens is 472 g/mol. The molecule has 0 bridgehead atoms. The Morgan fingerprint density at radius 1 is 1.03 bits per heavy atom. The SMILES string of the molecule is CC(C)(O)CCC(=O)[C@](C)(O)[C@H]1[C@H](O)C[C@@]2(C)[C@H]3CC=C4[C@@H](C[C@H](O)C(=O)C4(C)C)[C@]3(C)C(=O)C[C@]12C. The van der Waals surface area contributed by atoms with Gasteiger partial charge >= 0.3 is 0 Å². The average Bonchev–Trinajstić information content (AvgIpc) is 2.96. The Morgan fingerprint density at radius 3 is 2.19 bits per heavy atom. The highest BCUT2D eigenvalue weighted by molar-refractivity contribution is 5.95. The summed E-state index contributed by atoms with van der Waals surface area (Å²) < 4.78 is 0. The fourth-order valence-electron chi connectivity index (χ4n) is 9.24. The molecule has 7 nitrogen and oxygen atoms in total. The zero-order valence-corrected chi connectivity index (χ0v) is 23.7. The molecule has 4 aliphatic carbocycles. The number of hydrogen-bond acceptors (Lipinski definition) is 7. The minimum absolute atomic E-state index is 0.00395. The van der Waals surface area contributed by atoms with E-state index in [1.165, 1.54) is 6.92 Å². The quantitative estimate of drug-likeness (QED) is 0.411. The number of carbonyl (C=O) groups is 3. The molecule has 0 unspecified atom stereocenters. The Labute approximate surface area is 220 Å². The first-order chi connectivity index (χ1) is 16.7. The monoisotopic (exact) mass is 518 g/mol. The summed E-state index contributed by atoms with van der Waals surface area (Å²) in [5.74, 6) is -1.96. The van der Waals surface area contributed by atoms with Crippen molar-refractivity contribution in [2.45, 2.75) is 117 Å². The first kappa shape index (κ1) is 28.6. The van der Waals surface area contributed by atoms with E-state index in [9.17, 15) is 34.8 Å². The third-order valence-corrected chi connectivity index (χ3v) is 11.5. The molecule has 0 aromatic rings. The molecular formula is C30H46O7. The number of carbonyl (C=O) groups excluding carboxylic acids is 3. The molecule has 0 aromatic heterocycles. The molecule has 0 amide bonds. The van der Waals surface area contributed by atoms with Gasteiger partial charge in [-0.25, -0.2) is 0 Å². The number of allylic oxidation sites excluding steroid dienone is 2. The molecule has 7 heteroatoms. The van der Waals surface area contributed by atoms with E-state index in [1.54, 1.807) is 13.8 Å². The summed E-state index contributed by atoms with van der Waals surface area (Å²) in [5.41, 5.74) is -5.10. The summed E-state index contributed by atoms with van der Waals surface area (Å²) in [6.07, 6.45) is 1.33. The van der Waals surface area contributed by atoms with Gasteiger partial charge in [0.25, 0.3) is 0 Å². The van der Waals surface area contributed by atoms with Gasteiger partial charge in [0.2, 0.25) is 0 Å². The molecule has 37 heavy (non-hydrogen) atoms. The van der Waals surface area contributed by atoms with Crippen molar-refractivity contribution >= 4 is 17.3 Å². The second kappa shape index (κ2) is 8.30. The summed E-state index contributed by atoms with van der Waals surface area (Å²) in [7, 11) is 0. The van der Waals surface area contributed by atoms with Crippen molar-refractivity contribution in [1.29, 1.82) is 0 Å². The van der Waals surface area contributed by atoms with Crippen LogP contribution in [0.3, 0.4) is 0 Å². The number of aliphatic hydroxyl groups is 4. The van der Waals surface area contributed by atoms with Crippen LogP contribution in [0.5, 0.6) is 0 Å². The van der Waals surface area contributed by atoms with Crippen molar-refractivity contribution in [2.75, 3.05) is 0 Å². The topological polar surface area (TPSA) is 132 Å². The van der Waals surface area contributed by atoms with Gasteiger partial charge in [-0.15, -0.1) is 0 Å². The summed E-state index contributed by atoms with van der Waals surface area (Å²) >= 11 is 0. The van der Waals surface area contributed by atoms with Crippen molar-refractivity contribution in [3.63, 3.8) is 0 Å². The average molecular weight is 519 g/mol. The van der Waals surface area contributed by atoms with Gasteiger partial charge in [0, 0.05) is 29.6 Å². The van der Waals surface area contributed by atoms with Crippen LogP contribution in [0.25, 0.3) is 0 Å². The lowest BCUT2D eigenvalue weighted by Gasteiger charge is -2.64. The fourth-order valence-corrected chi connectivity index (χ4v) is 9.24. The largest absolute Gasteiger partial charge is 0.393 e. The zero-order valence-electron chi connectivity index (χ0n) is 23.7. The lowest BCUT2D eigenvalue weighted by Crippen LogP contribution is -2.65. The van der Waals surface area contributed by atoms with Gasteiger partial charge in [-0.3, -0.25) is 14.4 Å². The number of hydrogen-bond donors (Lipinski definition) is 4. The van der Waals surface area contributed by atoms with Crippen LogP contribution in [0.2, 0.25) is 0 Å². The third kappa shape index (κ3) is 3.78. The highest BCUT2D eigenvalue weighted by Crippen LogP contribution is 2.74. The molecule has 0 heterocycles. The Balaban J connectivity index is 1.77. The Morgan fingerprint density at radius 2 is 1.62 bits per heavy atom. The van der Waals surface area contributed by atoms with Gasteiger partial charge in [0.1, 0.15) is 17.5 Å².